The molecule has 0 aliphatic heterocycles. The second kappa shape index (κ2) is 5.96. The van der Waals surface area contributed by atoms with Crippen LogP contribution >= 0.6 is 0 Å². The van der Waals surface area contributed by atoms with Crippen molar-refractivity contribution in [2.75, 3.05) is 0 Å². The summed E-state index contributed by atoms with van der Waals surface area (Å²) in [4.78, 5) is 6.81. The van der Waals surface area contributed by atoms with Crippen molar-refractivity contribution in [2.45, 2.75) is 13.3 Å². The number of aryl methyl sites for hydroxylation is 1. The SMILES string of the molecule is CCc1cnc[nH]1.O=S(F)F. The molecule has 0 unspecified atom stereocenters. The number of halogens is 2. The van der Waals surface area contributed by atoms with E-state index in [1.165, 1.54) is 5.69 Å². The van der Waals surface area contributed by atoms with Crippen LogP contribution in [0.1, 0.15) is 12.6 Å². The number of nitrogens with one attached hydrogen (secondary N) is 1. The van der Waals surface area contributed by atoms with Gasteiger partial charge >= 0.3 is 11.6 Å². The summed E-state index contributed by atoms with van der Waals surface area (Å²) in [5.41, 5.74) is 1.19. The van der Waals surface area contributed by atoms with Crippen molar-refractivity contribution in [2.24, 2.45) is 0 Å². The summed E-state index contributed by atoms with van der Waals surface area (Å²) in [6.07, 6.45) is 4.57. The largest absolute Gasteiger partial charge is 0.385 e. The Balaban J connectivity index is 0.000000218. The molecule has 11 heavy (non-hydrogen) atoms. The minimum Gasteiger partial charge on any atom is -0.349 e. The van der Waals surface area contributed by atoms with Crippen LogP contribution in [0, 0.1) is 0 Å². The molecular formula is C5H8F2N2OS. The normalized spacial score (nSPS) is 9.09. The summed E-state index contributed by atoms with van der Waals surface area (Å²) in [6, 6.07) is 0. The smallest absolute Gasteiger partial charge is 0.349 e. The molecule has 0 saturated heterocycles. The van der Waals surface area contributed by atoms with E-state index in [1.54, 1.807) is 6.33 Å². The van der Waals surface area contributed by atoms with Gasteiger partial charge in [0.1, 0.15) is 0 Å². The van der Waals surface area contributed by atoms with Crippen LogP contribution in [0.15, 0.2) is 12.5 Å². The molecule has 0 spiro atoms. The van der Waals surface area contributed by atoms with Crippen LogP contribution in [0.2, 0.25) is 0 Å². The van der Waals surface area contributed by atoms with E-state index in [1.807, 2.05) is 6.20 Å². The summed E-state index contributed by atoms with van der Waals surface area (Å²) >= 11 is -3.61. The lowest BCUT2D eigenvalue weighted by Crippen LogP contribution is -1.73. The van der Waals surface area contributed by atoms with Gasteiger partial charge in [-0.25, -0.2) is 4.98 Å². The van der Waals surface area contributed by atoms with Crippen LogP contribution in [0.4, 0.5) is 7.77 Å². The Morgan fingerprint density at radius 2 is 2.27 bits per heavy atom. The van der Waals surface area contributed by atoms with Crippen LogP contribution in [-0.4, -0.2) is 14.2 Å². The summed E-state index contributed by atoms with van der Waals surface area (Å²) in [5.74, 6) is 0. The van der Waals surface area contributed by atoms with Gasteiger partial charge in [-0.2, -0.15) is 4.21 Å². The predicted molar refractivity (Wildman–Crippen MR) is 38.3 cm³/mol. The lowest BCUT2D eigenvalue weighted by molar-refractivity contribution is 0.602. The molecule has 1 aromatic heterocycles. The first-order valence-corrected chi connectivity index (χ1v) is 3.83. The van der Waals surface area contributed by atoms with E-state index in [0.717, 1.165) is 6.42 Å². The van der Waals surface area contributed by atoms with E-state index in [-0.39, 0.29) is 0 Å². The minimum absolute atomic E-state index is 1.04. The van der Waals surface area contributed by atoms with E-state index < -0.39 is 11.6 Å². The van der Waals surface area contributed by atoms with Crippen molar-refractivity contribution in [1.82, 2.24) is 9.97 Å². The number of hydrogen-bond donors (Lipinski definition) is 1. The first-order chi connectivity index (χ1) is 5.16. The van der Waals surface area contributed by atoms with Gasteiger partial charge in [0.25, 0.3) is 0 Å². The maximum Gasteiger partial charge on any atom is 0.385 e. The quantitative estimate of drug-likeness (QED) is 0.668. The molecule has 1 N–H and O–H groups in total. The Bertz CT molecular complexity index is 198. The van der Waals surface area contributed by atoms with Crippen molar-refractivity contribution < 1.29 is 12.0 Å². The van der Waals surface area contributed by atoms with Crippen LogP contribution < -0.4 is 0 Å². The van der Waals surface area contributed by atoms with Gasteiger partial charge in [0.2, 0.25) is 0 Å². The van der Waals surface area contributed by atoms with Crippen molar-refractivity contribution in [3.05, 3.63) is 18.2 Å². The molecule has 0 aliphatic carbocycles. The van der Waals surface area contributed by atoms with E-state index in [0.29, 0.717) is 0 Å². The highest BCUT2D eigenvalue weighted by Crippen LogP contribution is 1.88. The molecule has 0 radical (unpaired) electrons. The van der Waals surface area contributed by atoms with Gasteiger partial charge in [-0.3, -0.25) is 0 Å². The molecule has 6 heteroatoms. The molecule has 3 nitrogen and oxygen atoms in total. The fourth-order valence-corrected chi connectivity index (χ4v) is 0.478. The lowest BCUT2D eigenvalue weighted by atomic mass is 10.4. The first kappa shape index (κ1) is 10.2. The molecule has 1 rings (SSSR count). The third kappa shape index (κ3) is 7.11. The van der Waals surface area contributed by atoms with Gasteiger partial charge in [-0.15, -0.1) is 0 Å². The highest BCUT2D eigenvalue weighted by molar-refractivity contribution is 7.74. The van der Waals surface area contributed by atoms with Crippen LogP contribution in [-0.2, 0) is 18.0 Å². The van der Waals surface area contributed by atoms with Crippen LogP contribution in [0.5, 0.6) is 0 Å². The zero-order valence-electron chi connectivity index (χ0n) is 5.88. The van der Waals surface area contributed by atoms with E-state index >= 15 is 0 Å². The average Bonchev–Trinajstić information content (AvgIpc) is 2.36. The predicted octanol–water partition coefficient (Wildman–Crippen LogP) is 1.48. The topological polar surface area (TPSA) is 45.8 Å². The average molecular weight is 182 g/mol. The second-order valence-electron chi connectivity index (χ2n) is 1.61. The zero-order valence-corrected chi connectivity index (χ0v) is 6.70. The van der Waals surface area contributed by atoms with E-state index in [9.17, 15) is 7.77 Å². The second-order valence-corrected chi connectivity index (χ2v) is 1.98. The fourth-order valence-electron chi connectivity index (χ4n) is 0.478. The number of aromatic amines is 1. The molecular weight excluding hydrogens is 174 g/mol. The molecule has 0 amide bonds. The Hall–Kier alpha value is -0.780. The number of hydrogen-bond acceptors (Lipinski definition) is 2. The van der Waals surface area contributed by atoms with Crippen molar-refractivity contribution in [1.29, 1.82) is 0 Å². The summed E-state index contributed by atoms with van der Waals surface area (Å²) in [7, 11) is 0. The minimum atomic E-state index is -3.61. The molecule has 0 atom stereocenters. The maximum absolute atomic E-state index is 9.81. The number of rotatable bonds is 1. The van der Waals surface area contributed by atoms with E-state index in [4.69, 9.17) is 4.21 Å². The van der Waals surface area contributed by atoms with Crippen LogP contribution in [0.25, 0.3) is 0 Å². The third-order valence-corrected chi connectivity index (χ3v) is 0.936. The van der Waals surface area contributed by atoms with Crippen LogP contribution in [0.3, 0.4) is 0 Å². The van der Waals surface area contributed by atoms with Crippen molar-refractivity contribution >= 4 is 11.6 Å². The Kier molecular flexibility index (Phi) is 5.54. The monoisotopic (exact) mass is 182 g/mol. The molecule has 0 saturated carbocycles. The Morgan fingerprint density at radius 3 is 2.45 bits per heavy atom. The number of aromatic nitrogens is 2. The number of H-pyrrole nitrogens is 1. The van der Waals surface area contributed by atoms with Gasteiger partial charge in [0, 0.05) is 11.9 Å². The lowest BCUT2D eigenvalue weighted by Gasteiger charge is -1.79. The van der Waals surface area contributed by atoms with E-state index in [2.05, 4.69) is 16.9 Å². The highest BCUT2D eigenvalue weighted by atomic mass is 32.2. The molecule has 0 aliphatic rings. The Morgan fingerprint density at radius 1 is 1.73 bits per heavy atom. The summed E-state index contributed by atoms with van der Waals surface area (Å²) in [6.45, 7) is 2.09. The van der Waals surface area contributed by atoms with Gasteiger partial charge in [-0.1, -0.05) is 14.7 Å². The number of imidazole rings is 1. The molecule has 1 heterocycles. The summed E-state index contributed by atoms with van der Waals surface area (Å²) < 4.78 is 27.8. The number of nitrogens with zero attached hydrogens (tertiary/aromatic N) is 1. The first-order valence-electron chi connectivity index (χ1n) is 2.88. The summed E-state index contributed by atoms with van der Waals surface area (Å²) in [5, 5.41) is 0. The fraction of sp³-hybridized carbons (Fsp3) is 0.400. The van der Waals surface area contributed by atoms with Gasteiger partial charge < -0.3 is 4.98 Å². The van der Waals surface area contributed by atoms with Gasteiger partial charge in [0.15, 0.2) is 0 Å². The highest BCUT2D eigenvalue weighted by Gasteiger charge is 1.82. The zero-order chi connectivity index (χ0) is 8.69. The third-order valence-electron chi connectivity index (χ3n) is 0.936. The van der Waals surface area contributed by atoms with Crippen molar-refractivity contribution in [3.8, 4) is 0 Å². The molecule has 1 aromatic rings. The van der Waals surface area contributed by atoms with Gasteiger partial charge in [0.05, 0.1) is 6.33 Å². The Labute approximate surface area is 65.9 Å². The standard InChI is InChI=1S/C5H8N2.F2OS/c1-2-5-3-6-4-7-5;1-4(2)3/h3-4H,2H2,1H3,(H,6,7);. The molecule has 0 bridgehead atoms. The maximum atomic E-state index is 9.81. The molecule has 64 valence electrons. The van der Waals surface area contributed by atoms with Crippen molar-refractivity contribution in [3.63, 3.8) is 0 Å². The van der Waals surface area contributed by atoms with Gasteiger partial charge in [-0.05, 0) is 6.42 Å². The molecule has 0 fully saturated rings. The molecule has 0 aromatic carbocycles.